The topological polar surface area (TPSA) is 43.3 Å². The zero-order valence-electron chi connectivity index (χ0n) is 11.8. The molecule has 1 aromatic carbocycles. The van der Waals surface area contributed by atoms with Crippen molar-refractivity contribution in [1.82, 2.24) is 9.38 Å². The number of halogens is 1. The predicted molar refractivity (Wildman–Crippen MR) is 86.8 cm³/mol. The molecular formula is C17H18ClN3. The minimum Gasteiger partial charge on any atom is -0.330 e. The third kappa shape index (κ3) is 2.94. The van der Waals surface area contributed by atoms with Crippen molar-refractivity contribution in [2.45, 2.75) is 19.3 Å². The summed E-state index contributed by atoms with van der Waals surface area (Å²) in [6.45, 7) is 0.617. The number of hydrogen-bond donors (Lipinski definition) is 1. The molecule has 3 nitrogen and oxygen atoms in total. The first kappa shape index (κ1) is 14.1. The molecule has 0 aliphatic rings. The van der Waals surface area contributed by atoms with Crippen molar-refractivity contribution in [2.75, 3.05) is 6.54 Å². The summed E-state index contributed by atoms with van der Waals surface area (Å²) in [5, 5.41) is 0.820. The van der Waals surface area contributed by atoms with E-state index in [0.717, 1.165) is 46.9 Å². The summed E-state index contributed by atoms with van der Waals surface area (Å²) in [5.74, 6) is 1.06. The van der Waals surface area contributed by atoms with Gasteiger partial charge in [-0.3, -0.25) is 0 Å². The fourth-order valence-corrected chi connectivity index (χ4v) is 2.85. The molecule has 3 aromatic rings. The number of pyridine rings is 1. The van der Waals surface area contributed by atoms with Crippen molar-refractivity contribution < 1.29 is 0 Å². The summed E-state index contributed by atoms with van der Waals surface area (Å²) in [7, 11) is 0. The standard InChI is InChI=1S/C17H18ClN3/c18-14-6-2-1-5-13(14)8-9-17-20-15(10-11-19)16-7-3-4-12-21(16)17/h1-7,12H,8-11,19H2. The maximum Gasteiger partial charge on any atom is 0.113 e. The van der Waals surface area contributed by atoms with Gasteiger partial charge in [0.05, 0.1) is 11.2 Å². The van der Waals surface area contributed by atoms with Crippen LogP contribution in [0.3, 0.4) is 0 Å². The lowest BCUT2D eigenvalue weighted by atomic mass is 10.1. The summed E-state index contributed by atoms with van der Waals surface area (Å²) in [6.07, 6.45) is 4.61. The largest absolute Gasteiger partial charge is 0.330 e. The molecular weight excluding hydrogens is 282 g/mol. The third-order valence-corrected chi connectivity index (χ3v) is 4.02. The van der Waals surface area contributed by atoms with Crippen LogP contribution in [0, 0.1) is 0 Å². The van der Waals surface area contributed by atoms with E-state index in [0.29, 0.717) is 6.54 Å². The van der Waals surface area contributed by atoms with E-state index in [9.17, 15) is 0 Å². The number of nitrogens with two attached hydrogens (primary N) is 1. The molecule has 2 N–H and O–H groups in total. The number of fused-ring (bicyclic) bond motifs is 1. The normalized spacial score (nSPS) is 11.1. The summed E-state index contributed by atoms with van der Waals surface area (Å²) in [6, 6.07) is 14.1. The molecule has 0 bridgehead atoms. The molecule has 2 aromatic heterocycles. The first-order valence-corrected chi connectivity index (χ1v) is 7.55. The monoisotopic (exact) mass is 299 g/mol. The molecule has 0 saturated heterocycles. The number of nitrogens with zero attached hydrogens (tertiary/aromatic N) is 2. The van der Waals surface area contributed by atoms with Gasteiger partial charge in [0, 0.05) is 24.1 Å². The lowest BCUT2D eigenvalue weighted by molar-refractivity contribution is 0.842. The lowest BCUT2D eigenvalue weighted by Crippen LogP contribution is -2.03. The maximum absolute atomic E-state index is 6.22. The highest BCUT2D eigenvalue weighted by Gasteiger charge is 2.10. The fourth-order valence-electron chi connectivity index (χ4n) is 2.61. The van der Waals surface area contributed by atoms with Gasteiger partial charge in [-0.05, 0) is 36.7 Å². The Balaban J connectivity index is 1.89. The summed E-state index contributed by atoms with van der Waals surface area (Å²) >= 11 is 6.22. The molecule has 0 fully saturated rings. The van der Waals surface area contributed by atoms with Gasteiger partial charge in [0.2, 0.25) is 0 Å². The van der Waals surface area contributed by atoms with E-state index in [1.165, 1.54) is 0 Å². The minimum absolute atomic E-state index is 0.617. The average Bonchev–Trinajstić information content (AvgIpc) is 2.85. The van der Waals surface area contributed by atoms with E-state index in [4.69, 9.17) is 22.3 Å². The van der Waals surface area contributed by atoms with Gasteiger partial charge in [-0.2, -0.15) is 0 Å². The molecule has 2 heterocycles. The molecule has 4 heteroatoms. The van der Waals surface area contributed by atoms with Crippen molar-refractivity contribution in [3.63, 3.8) is 0 Å². The van der Waals surface area contributed by atoms with Gasteiger partial charge in [-0.15, -0.1) is 0 Å². The quantitative estimate of drug-likeness (QED) is 0.786. The van der Waals surface area contributed by atoms with Crippen LogP contribution in [0.25, 0.3) is 5.52 Å². The molecule has 0 aliphatic carbocycles. The second-order valence-electron chi connectivity index (χ2n) is 5.06. The van der Waals surface area contributed by atoms with Gasteiger partial charge in [-0.25, -0.2) is 4.98 Å². The second kappa shape index (κ2) is 6.29. The first-order chi connectivity index (χ1) is 10.3. The van der Waals surface area contributed by atoms with Crippen LogP contribution in [0.4, 0.5) is 0 Å². The van der Waals surface area contributed by atoms with Crippen LogP contribution in [0.15, 0.2) is 48.7 Å². The SMILES string of the molecule is NCCc1nc(CCc2ccccc2Cl)n2ccccc12. The summed E-state index contributed by atoms with van der Waals surface area (Å²) < 4.78 is 2.15. The van der Waals surface area contributed by atoms with Crippen molar-refractivity contribution in [3.8, 4) is 0 Å². The Hall–Kier alpha value is -1.84. The second-order valence-corrected chi connectivity index (χ2v) is 5.47. The molecule has 0 amide bonds. The van der Waals surface area contributed by atoms with Crippen molar-refractivity contribution in [3.05, 3.63) is 70.8 Å². The highest BCUT2D eigenvalue weighted by atomic mass is 35.5. The highest BCUT2D eigenvalue weighted by Crippen LogP contribution is 2.19. The molecule has 21 heavy (non-hydrogen) atoms. The molecule has 0 radical (unpaired) electrons. The molecule has 0 unspecified atom stereocenters. The van der Waals surface area contributed by atoms with Crippen LogP contribution >= 0.6 is 11.6 Å². The van der Waals surface area contributed by atoms with Crippen LogP contribution in [-0.4, -0.2) is 15.9 Å². The molecule has 3 rings (SSSR count). The summed E-state index contributed by atoms with van der Waals surface area (Å²) in [4.78, 5) is 4.76. The van der Waals surface area contributed by atoms with Crippen LogP contribution in [0.5, 0.6) is 0 Å². The van der Waals surface area contributed by atoms with Crippen LogP contribution < -0.4 is 5.73 Å². The van der Waals surface area contributed by atoms with Gasteiger partial charge in [0.25, 0.3) is 0 Å². The molecule has 0 spiro atoms. The van der Waals surface area contributed by atoms with Crippen molar-refractivity contribution in [1.29, 1.82) is 0 Å². The predicted octanol–water partition coefficient (Wildman–Crippen LogP) is 3.27. The van der Waals surface area contributed by atoms with Gasteiger partial charge in [0.1, 0.15) is 5.82 Å². The smallest absolute Gasteiger partial charge is 0.113 e. The zero-order chi connectivity index (χ0) is 14.7. The minimum atomic E-state index is 0.617. The van der Waals surface area contributed by atoms with E-state index >= 15 is 0 Å². The number of benzene rings is 1. The van der Waals surface area contributed by atoms with Crippen molar-refractivity contribution >= 4 is 17.1 Å². The number of rotatable bonds is 5. The van der Waals surface area contributed by atoms with Gasteiger partial charge in [-0.1, -0.05) is 35.9 Å². The van der Waals surface area contributed by atoms with Crippen LogP contribution in [0.1, 0.15) is 17.1 Å². The van der Waals surface area contributed by atoms with E-state index in [-0.39, 0.29) is 0 Å². The number of aromatic nitrogens is 2. The average molecular weight is 300 g/mol. The Labute approximate surface area is 129 Å². The molecule has 108 valence electrons. The van der Waals surface area contributed by atoms with Gasteiger partial charge in [0.15, 0.2) is 0 Å². The summed E-state index contributed by atoms with van der Waals surface area (Å²) in [5.41, 5.74) is 9.06. The van der Waals surface area contributed by atoms with E-state index in [2.05, 4.69) is 22.7 Å². The molecule has 0 atom stereocenters. The van der Waals surface area contributed by atoms with Gasteiger partial charge < -0.3 is 10.1 Å². The highest BCUT2D eigenvalue weighted by molar-refractivity contribution is 6.31. The van der Waals surface area contributed by atoms with Crippen LogP contribution in [0.2, 0.25) is 5.02 Å². The number of hydrogen-bond acceptors (Lipinski definition) is 2. The Morgan fingerprint density at radius 3 is 2.62 bits per heavy atom. The van der Waals surface area contributed by atoms with Crippen molar-refractivity contribution in [2.24, 2.45) is 5.73 Å². The Morgan fingerprint density at radius 2 is 1.81 bits per heavy atom. The van der Waals surface area contributed by atoms with E-state index in [1.807, 2.05) is 30.3 Å². The Kier molecular flexibility index (Phi) is 4.23. The van der Waals surface area contributed by atoms with E-state index in [1.54, 1.807) is 0 Å². The lowest BCUT2D eigenvalue weighted by Gasteiger charge is -2.03. The Morgan fingerprint density at radius 1 is 1.00 bits per heavy atom. The molecule has 0 saturated carbocycles. The zero-order valence-corrected chi connectivity index (χ0v) is 12.6. The Bertz CT molecular complexity index is 749. The number of imidazole rings is 1. The molecule has 0 aliphatic heterocycles. The first-order valence-electron chi connectivity index (χ1n) is 7.18. The van der Waals surface area contributed by atoms with Gasteiger partial charge >= 0.3 is 0 Å². The maximum atomic E-state index is 6.22. The fraction of sp³-hybridized carbons (Fsp3) is 0.235. The third-order valence-electron chi connectivity index (χ3n) is 3.65. The van der Waals surface area contributed by atoms with Crippen LogP contribution in [-0.2, 0) is 19.3 Å². The number of aryl methyl sites for hydroxylation is 2. The van der Waals surface area contributed by atoms with E-state index < -0.39 is 0 Å².